The molecule has 0 bridgehead atoms. The van der Waals surface area contributed by atoms with Crippen LogP contribution in [0.25, 0.3) is 88.3 Å². The van der Waals surface area contributed by atoms with Gasteiger partial charge in [0.25, 0.3) is 0 Å². The molecule has 10 aromatic rings. The summed E-state index contributed by atoms with van der Waals surface area (Å²) in [6.45, 7) is 11.7. The number of thiophene rings is 4. The first-order chi connectivity index (χ1) is 37.0. The first-order valence-electron chi connectivity index (χ1n) is 26.7. The van der Waals surface area contributed by atoms with Gasteiger partial charge in [0.05, 0.1) is 26.4 Å². The largest absolute Gasteiger partial charge is 0.494 e. The van der Waals surface area contributed by atoms with E-state index in [0.717, 1.165) is 101 Å². The van der Waals surface area contributed by atoms with Crippen molar-refractivity contribution in [2.24, 2.45) is 0 Å². The monoisotopic (exact) mass is 1080 g/mol. The Hall–Kier alpha value is -6.12. The van der Waals surface area contributed by atoms with E-state index in [2.05, 4.69) is 204 Å². The van der Waals surface area contributed by atoms with Crippen molar-refractivity contribution in [2.75, 3.05) is 26.4 Å². The molecule has 0 saturated heterocycles. The second kappa shape index (κ2) is 25.6. The molecule has 0 amide bonds. The summed E-state index contributed by atoms with van der Waals surface area (Å²) >= 11 is 7.58. The fourth-order valence-electron chi connectivity index (χ4n) is 9.05. The van der Waals surface area contributed by atoms with Crippen molar-refractivity contribution in [1.29, 1.82) is 0 Å². The Kier molecular flexibility index (Phi) is 17.9. The fraction of sp³-hybridized carbons (Fsp3) is 0.242. The average molecular weight is 1080 g/mol. The van der Waals surface area contributed by atoms with Crippen LogP contribution in [0.5, 0.6) is 23.0 Å². The van der Waals surface area contributed by atoms with Crippen molar-refractivity contribution in [2.45, 2.75) is 79.1 Å². The molecule has 5 aromatic carbocycles. The van der Waals surface area contributed by atoms with Crippen molar-refractivity contribution in [3.63, 3.8) is 0 Å². The van der Waals surface area contributed by atoms with E-state index in [4.69, 9.17) is 18.9 Å². The summed E-state index contributed by atoms with van der Waals surface area (Å²) < 4.78 is 24.4. The summed E-state index contributed by atoms with van der Waals surface area (Å²) in [5, 5.41) is 4.14. The molecule has 0 spiro atoms. The number of unbranched alkanes of at least 4 members (excludes halogenated alkanes) is 4. The molecule has 0 fully saturated rings. The van der Waals surface area contributed by atoms with Crippen molar-refractivity contribution in [3.8, 4) is 111 Å². The van der Waals surface area contributed by atoms with Crippen LogP contribution in [0.3, 0.4) is 0 Å². The summed E-state index contributed by atoms with van der Waals surface area (Å²) in [4.78, 5) is 10.1. The molecule has 5 aromatic heterocycles. The Bertz CT molecular complexity index is 3150. The molecule has 0 radical (unpaired) electrons. The zero-order valence-electron chi connectivity index (χ0n) is 43.4. The highest BCUT2D eigenvalue weighted by atomic mass is 32.1. The number of ether oxygens (including phenoxy) is 4. The summed E-state index contributed by atoms with van der Waals surface area (Å²) in [6, 6.07) is 64.9. The standard InChI is InChI=1S/C66H65O4PS4/c1-5-9-42-67-50-26-18-46(19-27-50)55-34-38-59(72-55)63-64(60-39-35-56(73-60)47-20-28-51(29-21-47)68-43-10-6-2)66(62-41-37-58(75-62)49-24-32-53(33-25-49)70-45-12-8-4)71(54-16-14-13-15-17-54)65(63)61-40-36-57(74-61)48-22-30-52(31-23-48)69-44-11-7-3/h13-41H,5-12,42-45H2,1-4H3. The van der Waals surface area contributed by atoms with Gasteiger partial charge in [-0.2, -0.15) is 0 Å². The van der Waals surface area contributed by atoms with E-state index in [1.54, 1.807) is 0 Å². The molecule has 0 aliphatic rings. The van der Waals surface area contributed by atoms with E-state index in [1.807, 2.05) is 45.3 Å². The van der Waals surface area contributed by atoms with Crippen molar-refractivity contribution in [1.82, 2.24) is 0 Å². The Labute approximate surface area is 461 Å². The van der Waals surface area contributed by atoms with E-state index in [1.165, 1.54) is 88.3 Å². The Balaban J connectivity index is 1.17. The lowest BCUT2D eigenvalue weighted by Crippen LogP contribution is -1.95. The van der Waals surface area contributed by atoms with E-state index >= 15 is 0 Å². The zero-order chi connectivity index (χ0) is 51.3. The van der Waals surface area contributed by atoms with Gasteiger partial charge in [0.1, 0.15) is 23.0 Å². The number of hydrogen-bond donors (Lipinski definition) is 0. The highest BCUT2D eigenvalue weighted by molar-refractivity contribution is 7.65. The molecule has 382 valence electrons. The van der Waals surface area contributed by atoms with E-state index in [0.29, 0.717) is 0 Å². The Morgan fingerprint density at radius 3 is 0.853 bits per heavy atom. The van der Waals surface area contributed by atoms with Gasteiger partial charge >= 0.3 is 0 Å². The molecule has 0 atom stereocenters. The summed E-state index contributed by atoms with van der Waals surface area (Å²) in [7, 11) is -1.08. The molecule has 9 heteroatoms. The Morgan fingerprint density at radius 2 is 0.560 bits per heavy atom. The fourth-order valence-corrected chi connectivity index (χ4v) is 16.8. The minimum absolute atomic E-state index is 0.732. The van der Waals surface area contributed by atoms with Crippen LogP contribution in [-0.2, 0) is 0 Å². The smallest absolute Gasteiger partial charge is 0.119 e. The summed E-state index contributed by atoms with van der Waals surface area (Å²) in [5.41, 5.74) is 7.41. The van der Waals surface area contributed by atoms with Gasteiger partial charge in [-0.15, -0.1) is 45.3 Å². The van der Waals surface area contributed by atoms with E-state index < -0.39 is 7.53 Å². The van der Waals surface area contributed by atoms with E-state index in [9.17, 15) is 0 Å². The maximum atomic E-state index is 6.11. The van der Waals surface area contributed by atoms with E-state index in [-0.39, 0.29) is 0 Å². The first kappa shape index (κ1) is 52.3. The zero-order valence-corrected chi connectivity index (χ0v) is 47.6. The van der Waals surface area contributed by atoms with Crippen LogP contribution in [0.1, 0.15) is 79.1 Å². The number of rotatable bonds is 25. The van der Waals surface area contributed by atoms with Crippen LogP contribution in [-0.4, -0.2) is 26.4 Å². The Morgan fingerprint density at radius 1 is 0.293 bits per heavy atom. The van der Waals surface area contributed by atoms with Crippen LogP contribution in [0.2, 0.25) is 0 Å². The number of hydrogen-bond acceptors (Lipinski definition) is 8. The normalized spacial score (nSPS) is 11.3. The predicted molar refractivity (Wildman–Crippen MR) is 327 cm³/mol. The van der Waals surface area contributed by atoms with Gasteiger partial charge in [-0.05, 0) is 199 Å². The topological polar surface area (TPSA) is 36.9 Å². The third-order valence-corrected chi connectivity index (χ3v) is 20.7. The van der Waals surface area contributed by atoms with Gasteiger partial charge in [-0.3, -0.25) is 0 Å². The quantitative estimate of drug-likeness (QED) is 0.0535. The van der Waals surface area contributed by atoms with Crippen LogP contribution in [0.4, 0.5) is 0 Å². The molecule has 0 aliphatic carbocycles. The number of benzene rings is 5. The molecular formula is C66H65O4PS4. The molecule has 0 saturated carbocycles. The molecule has 10 rings (SSSR count). The highest BCUT2D eigenvalue weighted by Crippen LogP contribution is 2.68. The van der Waals surface area contributed by atoms with Gasteiger partial charge < -0.3 is 18.9 Å². The lowest BCUT2D eigenvalue weighted by molar-refractivity contribution is 0.309. The van der Waals surface area contributed by atoms with Gasteiger partial charge in [0.2, 0.25) is 0 Å². The minimum Gasteiger partial charge on any atom is -0.494 e. The van der Waals surface area contributed by atoms with Gasteiger partial charge in [0, 0.05) is 60.7 Å². The third-order valence-electron chi connectivity index (χ3n) is 13.2. The van der Waals surface area contributed by atoms with Crippen molar-refractivity contribution < 1.29 is 18.9 Å². The third kappa shape index (κ3) is 12.4. The molecular weight excluding hydrogens is 1020 g/mol. The maximum absolute atomic E-state index is 6.11. The highest BCUT2D eigenvalue weighted by Gasteiger charge is 2.32. The maximum Gasteiger partial charge on any atom is 0.119 e. The minimum atomic E-state index is -1.08. The second-order valence-electron chi connectivity index (χ2n) is 18.7. The van der Waals surface area contributed by atoms with Gasteiger partial charge in [-0.1, -0.05) is 91.2 Å². The molecule has 0 unspecified atom stereocenters. The lowest BCUT2D eigenvalue weighted by Gasteiger charge is -2.10. The van der Waals surface area contributed by atoms with Crippen molar-refractivity contribution >= 4 is 52.9 Å². The van der Waals surface area contributed by atoms with Crippen molar-refractivity contribution in [3.05, 3.63) is 176 Å². The lowest BCUT2D eigenvalue weighted by atomic mass is 10.0. The molecule has 0 N–H and O–H groups in total. The van der Waals surface area contributed by atoms with Crippen LogP contribution in [0.15, 0.2) is 176 Å². The predicted octanol–water partition coefficient (Wildman–Crippen LogP) is 22.0. The summed E-state index contributed by atoms with van der Waals surface area (Å²) in [5.74, 6) is 3.67. The SMILES string of the molecule is CCCCOc1ccc(-c2ccc(-c3c(-c4ccc(-c5ccc(OCCCC)cc5)s4)c(-c4ccc(-c5ccc(OCCCC)cc5)s4)p(-c4ccccc4)c3-c3ccc(-c4ccc(OCCCC)cc4)s3)s2)cc1. The van der Waals surface area contributed by atoms with Gasteiger partial charge in [-0.25, -0.2) is 0 Å². The average Bonchev–Trinajstić information content (AvgIpc) is 4.33. The van der Waals surface area contributed by atoms with Crippen LogP contribution in [0, 0.1) is 0 Å². The molecule has 0 aliphatic heterocycles. The van der Waals surface area contributed by atoms with Gasteiger partial charge in [0.15, 0.2) is 0 Å². The first-order valence-corrected chi connectivity index (χ1v) is 31.3. The van der Waals surface area contributed by atoms with Crippen LogP contribution >= 0.6 is 52.9 Å². The molecule has 5 heterocycles. The van der Waals surface area contributed by atoms with Crippen LogP contribution < -0.4 is 18.9 Å². The molecule has 4 nitrogen and oxygen atoms in total. The molecule has 75 heavy (non-hydrogen) atoms. The second-order valence-corrected chi connectivity index (χ2v) is 25.1. The summed E-state index contributed by atoms with van der Waals surface area (Å²) in [6.07, 6.45) is 8.62.